The van der Waals surface area contributed by atoms with E-state index >= 15 is 0 Å². The van der Waals surface area contributed by atoms with Crippen molar-refractivity contribution in [2.45, 2.75) is 26.7 Å². The van der Waals surface area contributed by atoms with E-state index in [2.05, 4.69) is 25.2 Å². The lowest BCUT2D eigenvalue weighted by Crippen LogP contribution is -2.12. The Labute approximate surface area is 110 Å². The topological polar surface area (TPSA) is 30.5 Å². The number of anilines is 1. The number of nitrogens with one attached hydrogen (secondary N) is 1. The van der Waals surface area contributed by atoms with E-state index in [1.807, 2.05) is 18.2 Å². The summed E-state index contributed by atoms with van der Waals surface area (Å²) < 4.78 is 10.5. The van der Waals surface area contributed by atoms with Gasteiger partial charge in [-0.15, -0.1) is 0 Å². The van der Waals surface area contributed by atoms with Crippen molar-refractivity contribution in [1.29, 1.82) is 0 Å². The molecule has 0 aliphatic heterocycles. The van der Waals surface area contributed by atoms with Crippen LogP contribution in [0.1, 0.15) is 26.7 Å². The molecular weight excluding hydrogens is 226 g/mol. The number of benzene rings is 1. The van der Waals surface area contributed by atoms with Crippen molar-refractivity contribution >= 4 is 5.69 Å². The van der Waals surface area contributed by atoms with Gasteiger partial charge in [0.05, 0.1) is 6.61 Å². The third-order valence-electron chi connectivity index (χ3n) is 3.14. The van der Waals surface area contributed by atoms with Crippen molar-refractivity contribution in [2.24, 2.45) is 5.92 Å². The normalized spacial score (nSPS) is 10.7. The molecule has 0 unspecified atom stereocenters. The highest BCUT2D eigenvalue weighted by molar-refractivity contribution is 5.48. The van der Waals surface area contributed by atoms with Crippen LogP contribution in [-0.2, 0) is 4.74 Å². The van der Waals surface area contributed by atoms with Crippen LogP contribution in [0.4, 0.5) is 5.69 Å². The zero-order chi connectivity index (χ0) is 13.2. The highest BCUT2D eigenvalue weighted by atomic mass is 16.5. The highest BCUT2D eigenvalue weighted by Crippen LogP contribution is 2.18. The summed E-state index contributed by atoms with van der Waals surface area (Å²) in [7, 11) is 1.68. The molecule has 0 aliphatic carbocycles. The first-order valence-electron chi connectivity index (χ1n) is 6.75. The minimum atomic E-state index is 0.590. The number of hydrogen-bond acceptors (Lipinski definition) is 3. The largest absolute Gasteiger partial charge is 0.491 e. The fraction of sp³-hybridized carbons (Fsp3) is 0.600. The van der Waals surface area contributed by atoms with E-state index < -0.39 is 0 Å². The second-order valence-electron chi connectivity index (χ2n) is 4.43. The smallest absolute Gasteiger partial charge is 0.121 e. The zero-order valence-electron chi connectivity index (χ0n) is 11.7. The molecule has 0 amide bonds. The summed E-state index contributed by atoms with van der Waals surface area (Å²) in [6.45, 7) is 6.70. The fourth-order valence-electron chi connectivity index (χ4n) is 1.78. The van der Waals surface area contributed by atoms with Gasteiger partial charge in [0.1, 0.15) is 12.4 Å². The molecule has 102 valence electrons. The molecule has 3 nitrogen and oxygen atoms in total. The van der Waals surface area contributed by atoms with E-state index in [9.17, 15) is 0 Å². The first kappa shape index (κ1) is 14.8. The molecule has 0 fully saturated rings. The van der Waals surface area contributed by atoms with Gasteiger partial charge in [-0.05, 0) is 18.1 Å². The van der Waals surface area contributed by atoms with Gasteiger partial charge < -0.3 is 14.8 Å². The van der Waals surface area contributed by atoms with E-state index in [1.165, 1.54) is 12.8 Å². The number of ether oxygens (including phenoxy) is 2. The maximum Gasteiger partial charge on any atom is 0.121 e. The van der Waals surface area contributed by atoms with E-state index in [0.717, 1.165) is 23.9 Å². The average Bonchev–Trinajstić information content (AvgIpc) is 2.41. The van der Waals surface area contributed by atoms with Gasteiger partial charge in [0.25, 0.3) is 0 Å². The van der Waals surface area contributed by atoms with E-state index in [0.29, 0.717) is 13.2 Å². The third-order valence-corrected chi connectivity index (χ3v) is 3.14. The molecule has 0 bridgehead atoms. The average molecular weight is 251 g/mol. The molecule has 18 heavy (non-hydrogen) atoms. The van der Waals surface area contributed by atoms with Crippen molar-refractivity contribution in [1.82, 2.24) is 0 Å². The summed E-state index contributed by atoms with van der Waals surface area (Å²) in [6.07, 6.45) is 2.43. The van der Waals surface area contributed by atoms with Crippen LogP contribution in [-0.4, -0.2) is 26.9 Å². The van der Waals surface area contributed by atoms with Crippen molar-refractivity contribution in [3.05, 3.63) is 24.3 Å². The van der Waals surface area contributed by atoms with Crippen LogP contribution in [0.5, 0.6) is 5.75 Å². The second kappa shape index (κ2) is 8.81. The molecule has 3 heteroatoms. The van der Waals surface area contributed by atoms with Crippen LogP contribution < -0.4 is 10.1 Å². The van der Waals surface area contributed by atoms with Crippen LogP contribution >= 0.6 is 0 Å². The molecule has 0 aromatic heterocycles. The SMILES string of the molecule is CCC(CC)CNc1cccc(OCCOC)c1. The van der Waals surface area contributed by atoms with E-state index in [-0.39, 0.29) is 0 Å². The van der Waals surface area contributed by atoms with Crippen molar-refractivity contribution < 1.29 is 9.47 Å². The van der Waals surface area contributed by atoms with Crippen LogP contribution in [0, 0.1) is 5.92 Å². The summed E-state index contributed by atoms with van der Waals surface area (Å²) in [6, 6.07) is 8.10. The number of methoxy groups -OCH3 is 1. The van der Waals surface area contributed by atoms with Crippen molar-refractivity contribution in [3.63, 3.8) is 0 Å². The molecule has 1 N–H and O–H groups in total. The van der Waals surface area contributed by atoms with Crippen LogP contribution in [0.2, 0.25) is 0 Å². The van der Waals surface area contributed by atoms with Gasteiger partial charge in [0.15, 0.2) is 0 Å². The molecule has 0 aliphatic rings. The van der Waals surface area contributed by atoms with E-state index in [4.69, 9.17) is 9.47 Å². The van der Waals surface area contributed by atoms with E-state index in [1.54, 1.807) is 7.11 Å². The zero-order valence-corrected chi connectivity index (χ0v) is 11.7. The summed E-state index contributed by atoms with van der Waals surface area (Å²) in [4.78, 5) is 0. The van der Waals surface area contributed by atoms with Gasteiger partial charge >= 0.3 is 0 Å². The third kappa shape index (κ3) is 5.41. The highest BCUT2D eigenvalue weighted by Gasteiger charge is 2.03. The van der Waals surface area contributed by atoms with Gasteiger partial charge in [0.2, 0.25) is 0 Å². The van der Waals surface area contributed by atoms with Gasteiger partial charge in [-0.1, -0.05) is 32.8 Å². The molecule has 0 atom stereocenters. The van der Waals surface area contributed by atoms with Crippen LogP contribution in [0.25, 0.3) is 0 Å². The predicted octanol–water partition coefficient (Wildman–Crippen LogP) is 3.56. The summed E-state index contributed by atoms with van der Waals surface area (Å²) >= 11 is 0. The Morgan fingerprint density at radius 3 is 2.61 bits per heavy atom. The number of rotatable bonds is 9. The standard InChI is InChI=1S/C15H25NO2/c1-4-13(5-2)12-16-14-7-6-8-15(11-14)18-10-9-17-3/h6-8,11,13,16H,4-5,9-10,12H2,1-3H3. The lowest BCUT2D eigenvalue weighted by molar-refractivity contribution is 0.146. The predicted molar refractivity (Wildman–Crippen MR) is 76.4 cm³/mol. The molecule has 0 radical (unpaired) electrons. The van der Waals surface area contributed by atoms with Crippen molar-refractivity contribution in [2.75, 3.05) is 32.2 Å². The maximum absolute atomic E-state index is 5.58. The molecule has 1 rings (SSSR count). The first-order valence-corrected chi connectivity index (χ1v) is 6.75. The Morgan fingerprint density at radius 1 is 1.17 bits per heavy atom. The Morgan fingerprint density at radius 2 is 1.94 bits per heavy atom. The summed E-state index contributed by atoms with van der Waals surface area (Å²) in [5.74, 6) is 1.63. The van der Waals surface area contributed by atoms with Crippen LogP contribution in [0.15, 0.2) is 24.3 Å². The molecule has 0 heterocycles. The van der Waals surface area contributed by atoms with Gasteiger partial charge in [0, 0.05) is 25.4 Å². The Kier molecular flexibility index (Phi) is 7.26. The Balaban J connectivity index is 2.43. The molecule has 1 aromatic rings. The minimum Gasteiger partial charge on any atom is -0.491 e. The van der Waals surface area contributed by atoms with Crippen molar-refractivity contribution in [3.8, 4) is 5.75 Å². The second-order valence-corrected chi connectivity index (χ2v) is 4.43. The lowest BCUT2D eigenvalue weighted by atomic mass is 10.0. The first-order chi connectivity index (χ1) is 8.80. The molecule has 0 spiro atoms. The Hall–Kier alpha value is -1.22. The molecular formula is C15H25NO2. The van der Waals surface area contributed by atoms with Crippen LogP contribution in [0.3, 0.4) is 0 Å². The quantitative estimate of drug-likeness (QED) is 0.681. The molecule has 1 aromatic carbocycles. The number of hydrogen-bond donors (Lipinski definition) is 1. The summed E-state index contributed by atoms with van der Waals surface area (Å²) in [5.41, 5.74) is 1.12. The lowest BCUT2D eigenvalue weighted by Gasteiger charge is -2.15. The fourth-order valence-corrected chi connectivity index (χ4v) is 1.78. The monoisotopic (exact) mass is 251 g/mol. The summed E-state index contributed by atoms with van der Waals surface area (Å²) in [5, 5.41) is 3.47. The van der Waals surface area contributed by atoms with Gasteiger partial charge in [-0.2, -0.15) is 0 Å². The Bertz CT molecular complexity index is 324. The van der Waals surface area contributed by atoms with Gasteiger partial charge in [-0.25, -0.2) is 0 Å². The minimum absolute atomic E-state index is 0.590. The van der Waals surface area contributed by atoms with Gasteiger partial charge in [-0.3, -0.25) is 0 Å². The molecule has 0 saturated heterocycles. The molecule has 0 saturated carbocycles. The maximum atomic E-state index is 5.58.